The van der Waals surface area contributed by atoms with Crippen molar-refractivity contribution in [3.05, 3.63) is 64.8 Å². The molecule has 0 radical (unpaired) electrons. The van der Waals surface area contributed by atoms with E-state index in [4.69, 9.17) is 9.47 Å². The van der Waals surface area contributed by atoms with Crippen LogP contribution in [0.4, 0.5) is 0 Å². The van der Waals surface area contributed by atoms with Crippen molar-refractivity contribution < 1.29 is 23.8 Å². The van der Waals surface area contributed by atoms with Crippen molar-refractivity contribution in [1.29, 1.82) is 0 Å². The van der Waals surface area contributed by atoms with Crippen LogP contribution in [0.1, 0.15) is 5.56 Å². The summed E-state index contributed by atoms with van der Waals surface area (Å²) in [6, 6.07) is 14.4. The van der Waals surface area contributed by atoms with Crippen molar-refractivity contribution >= 4 is 44.9 Å². The molecule has 0 fully saturated rings. The lowest BCUT2D eigenvalue weighted by Gasteiger charge is -2.09. The second kappa shape index (κ2) is 10.4. The van der Waals surface area contributed by atoms with Gasteiger partial charge in [0.25, 0.3) is 5.91 Å². The van der Waals surface area contributed by atoms with Crippen molar-refractivity contribution in [1.82, 2.24) is 10.4 Å². The summed E-state index contributed by atoms with van der Waals surface area (Å²) in [6.07, 6.45) is 3.08. The number of halogens is 1. The molecule has 1 aromatic heterocycles. The Morgan fingerprint density at radius 2 is 1.90 bits per heavy atom. The molecule has 2 aromatic carbocycles. The lowest BCUT2D eigenvalue weighted by Crippen LogP contribution is -2.24. The molecular weight excluding hydrogens is 454 g/mol. The zero-order valence-corrected chi connectivity index (χ0v) is 17.6. The highest BCUT2D eigenvalue weighted by Crippen LogP contribution is 2.23. The van der Waals surface area contributed by atoms with E-state index in [1.54, 1.807) is 30.5 Å². The van der Waals surface area contributed by atoms with Gasteiger partial charge in [0.05, 0.1) is 13.3 Å². The number of ether oxygens (including phenoxy) is 3. The summed E-state index contributed by atoms with van der Waals surface area (Å²) < 4.78 is 16.3. The molecule has 1 N–H and O–H groups in total. The summed E-state index contributed by atoms with van der Waals surface area (Å²) in [4.78, 5) is 27.6. The van der Waals surface area contributed by atoms with Gasteiger partial charge in [-0.1, -0.05) is 34.1 Å². The fraction of sp³-hybridized carbons (Fsp3) is 0.143. The normalized spacial score (nSPS) is 10.7. The molecule has 3 rings (SSSR count). The zero-order valence-electron chi connectivity index (χ0n) is 16.0. The van der Waals surface area contributed by atoms with Crippen molar-refractivity contribution in [2.45, 2.75) is 0 Å². The maximum atomic E-state index is 12.1. The molecule has 3 aromatic rings. The summed E-state index contributed by atoms with van der Waals surface area (Å²) in [6.45, 7) is -0.463. The lowest BCUT2D eigenvalue weighted by molar-refractivity contribution is -0.142. The fourth-order valence-corrected chi connectivity index (χ4v) is 2.87. The van der Waals surface area contributed by atoms with Crippen molar-refractivity contribution in [3.63, 3.8) is 0 Å². The van der Waals surface area contributed by atoms with Crippen LogP contribution < -0.4 is 14.9 Å². The zero-order chi connectivity index (χ0) is 21.3. The monoisotopic (exact) mass is 471 g/mol. The number of aromatic nitrogens is 1. The van der Waals surface area contributed by atoms with Crippen LogP contribution in [0.5, 0.6) is 11.5 Å². The minimum absolute atomic E-state index is 0.225. The first-order valence-electron chi connectivity index (χ1n) is 8.84. The predicted octanol–water partition coefficient (Wildman–Crippen LogP) is 3.08. The Morgan fingerprint density at radius 3 is 2.73 bits per heavy atom. The van der Waals surface area contributed by atoms with Gasteiger partial charge >= 0.3 is 5.97 Å². The minimum atomic E-state index is -0.505. The van der Waals surface area contributed by atoms with Crippen LogP contribution in [-0.2, 0) is 14.3 Å². The van der Waals surface area contributed by atoms with Gasteiger partial charge in [-0.25, -0.2) is 10.2 Å². The molecule has 1 heterocycles. The maximum absolute atomic E-state index is 12.1. The third-order valence-electron chi connectivity index (χ3n) is 3.89. The van der Waals surface area contributed by atoms with Gasteiger partial charge in [0, 0.05) is 21.6 Å². The van der Waals surface area contributed by atoms with Crippen LogP contribution in [0, 0.1) is 0 Å². The van der Waals surface area contributed by atoms with E-state index in [9.17, 15) is 9.59 Å². The van der Waals surface area contributed by atoms with Gasteiger partial charge in [-0.2, -0.15) is 5.10 Å². The van der Waals surface area contributed by atoms with Crippen molar-refractivity contribution in [2.24, 2.45) is 5.10 Å². The molecule has 0 unspecified atom stereocenters. The van der Waals surface area contributed by atoms with Gasteiger partial charge in [0.2, 0.25) is 0 Å². The molecule has 0 aliphatic carbocycles. The third-order valence-corrected chi connectivity index (χ3v) is 4.39. The summed E-state index contributed by atoms with van der Waals surface area (Å²) in [5.74, 6) is -0.0159. The smallest absolute Gasteiger partial charge is 0.343 e. The topological polar surface area (TPSA) is 99.1 Å². The van der Waals surface area contributed by atoms with E-state index in [2.05, 4.69) is 36.2 Å². The number of hydrazone groups is 1. The number of fused-ring (bicyclic) bond motifs is 1. The first kappa shape index (κ1) is 21.3. The van der Waals surface area contributed by atoms with E-state index in [-0.39, 0.29) is 13.2 Å². The number of nitrogens with one attached hydrogen (secondary N) is 1. The summed E-state index contributed by atoms with van der Waals surface area (Å²) >= 11 is 3.36. The summed E-state index contributed by atoms with van der Waals surface area (Å²) in [7, 11) is 1.28. The summed E-state index contributed by atoms with van der Waals surface area (Å²) in [5.41, 5.74) is 3.64. The lowest BCUT2D eigenvalue weighted by atomic mass is 10.2. The number of benzene rings is 2. The molecule has 0 saturated heterocycles. The Balaban J connectivity index is 1.59. The molecule has 0 aliphatic rings. The van der Waals surface area contributed by atoms with Gasteiger partial charge in [-0.05, 0) is 30.3 Å². The number of carbonyl (C=O) groups excluding carboxylic acids is 2. The molecule has 0 spiro atoms. The number of para-hydroxylation sites is 1. The van der Waals surface area contributed by atoms with Crippen LogP contribution in [-0.4, -0.2) is 43.4 Å². The van der Waals surface area contributed by atoms with E-state index in [1.807, 2.05) is 24.3 Å². The average Bonchev–Trinajstić information content (AvgIpc) is 2.76. The molecule has 0 aliphatic heterocycles. The minimum Gasteiger partial charge on any atom is -0.481 e. The Bertz CT molecular complexity index is 1080. The molecule has 9 heteroatoms. The van der Waals surface area contributed by atoms with Crippen LogP contribution in [0.3, 0.4) is 0 Å². The number of hydrogen-bond acceptors (Lipinski definition) is 7. The number of nitrogens with zero attached hydrogens (tertiary/aromatic N) is 2. The number of esters is 1. The fourth-order valence-electron chi connectivity index (χ4n) is 2.49. The molecule has 154 valence electrons. The largest absolute Gasteiger partial charge is 0.481 e. The van der Waals surface area contributed by atoms with Gasteiger partial charge in [-0.3, -0.25) is 9.78 Å². The first-order valence-corrected chi connectivity index (χ1v) is 9.63. The van der Waals surface area contributed by atoms with E-state index < -0.39 is 11.9 Å². The number of pyridine rings is 1. The number of amides is 1. The third kappa shape index (κ3) is 5.77. The second-order valence-electron chi connectivity index (χ2n) is 5.96. The van der Waals surface area contributed by atoms with Gasteiger partial charge in [-0.15, -0.1) is 0 Å². The van der Waals surface area contributed by atoms with Crippen LogP contribution in [0.25, 0.3) is 10.9 Å². The Hall–Kier alpha value is -3.46. The average molecular weight is 472 g/mol. The molecule has 0 bridgehead atoms. The molecular formula is C21H18BrN3O5. The Labute approximate surface area is 181 Å². The van der Waals surface area contributed by atoms with Gasteiger partial charge < -0.3 is 14.2 Å². The molecule has 8 nitrogen and oxygen atoms in total. The SMILES string of the molecule is COC(=O)COc1ccc(Br)cc1/C=N\NC(=O)COc1cccc2cccnc12. The van der Waals surface area contributed by atoms with E-state index in [0.717, 1.165) is 9.86 Å². The van der Waals surface area contributed by atoms with Crippen LogP contribution in [0.15, 0.2) is 64.3 Å². The number of methoxy groups -OCH3 is 1. The molecule has 1 amide bonds. The van der Waals surface area contributed by atoms with Gasteiger partial charge in [0.15, 0.2) is 13.2 Å². The maximum Gasteiger partial charge on any atom is 0.343 e. The van der Waals surface area contributed by atoms with Crippen LogP contribution >= 0.6 is 15.9 Å². The number of hydrogen-bond donors (Lipinski definition) is 1. The molecule has 30 heavy (non-hydrogen) atoms. The highest BCUT2D eigenvalue weighted by Gasteiger charge is 2.08. The number of carbonyl (C=O) groups is 2. The highest BCUT2D eigenvalue weighted by atomic mass is 79.9. The molecule has 0 atom stereocenters. The standard InChI is InChI=1S/C21H18BrN3O5/c1-28-20(27)13-30-17-8-7-16(22)10-15(17)11-24-25-19(26)12-29-18-6-2-4-14-5-3-9-23-21(14)18/h2-11H,12-13H2,1H3,(H,25,26)/b24-11-. The highest BCUT2D eigenvalue weighted by molar-refractivity contribution is 9.10. The second-order valence-corrected chi connectivity index (χ2v) is 6.88. The van der Waals surface area contributed by atoms with Crippen LogP contribution in [0.2, 0.25) is 0 Å². The first-order chi connectivity index (χ1) is 14.6. The predicted molar refractivity (Wildman–Crippen MR) is 115 cm³/mol. The molecule has 0 saturated carbocycles. The van der Waals surface area contributed by atoms with Gasteiger partial charge in [0.1, 0.15) is 17.0 Å². The van der Waals surface area contributed by atoms with Crippen molar-refractivity contribution in [3.8, 4) is 11.5 Å². The number of rotatable bonds is 8. The van der Waals surface area contributed by atoms with E-state index in [0.29, 0.717) is 22.6 Å². The Kier molecular flexibility index (Phi) is 7.34. The van der Waals surface area contributed by atoms with Crippen molar-refractivity contribution in [2.75, 3.05) is 20.3 Å². The van der Waals surface area contributed by atoms with E-state index >= 15 is 0 Å². The summed E-state index contributed by atoms with van der Waals surface area (Å²) in [5, 5.41) is 4.85. The quantitative estimate of drug-likeness (QED) is 0.308. The Morgan fingerprint density at radius 1 is 1.10 bits per heavy atom. The van der Waals surface area contributed by atoms with E-state index in [1.165, 1.54) is 13.3 Å².